The van der Waals surface area contributed by atoms with Gasteiger partial charge in [0.25, 0.3) is 0 Å². The number of hydrogen-bond donors (Lipinski definition) is 1. The van der Waals surface area contributed by atoms with Gasteiger partial charge >= 0.3 is 5.97 Å². The molecule has 0 bridgehead atoms. The predicted octanol–water partition coefficient (Wildman–Crippen LogP) is 2.89. The highest BCUT2D eigenvalue weighted by Gasteiger charge is 2.29. The molecule has 1 N–H and O–H groups in total. The van der Waals surface area contributed by atoms with Crippen LogP contribution in [0.2, 0.25) is 0 Å². The number of aryl methyl sites for hydroxylation is 1. The highest BCUT2D eigenvalue weighted by Crippen LogP contribution is 2.39. The van der Waals surface area contributed by atoms with Crippen LogP contribution in [0.15, 0.2) is 5.16 Å². The lowest BCUT2D eigenvalue weighted by atomic mass is 10.1. The first-order valence-electron chi connectivity index (χ1n) is 7.92. The van der Waals surface area contributed by atoms with E-state index >= 15 is 0 Å². The standard InChI is InChI=1S/C16H20N4O3S2/c1-8-9(2)25-14(12(8)15(22)23-4)17-11(21)7-24-16-19-18-13(20(16)3)10-5-6-10/h10H,5-7H2,1-4H3,(H,17,21). The average molecular weight is 380 g/mol. The Hall–Kier alpha value is -1.87. The van der Waals surface area contributed by atoms with Crippen molar-refractivity contribution in [3.63, 3.8) is 0 Å². The lowest BCUT2D eigenvalue weighted by Crippen LogP contribution is -2.16. The van der Waals surface area contributed by atoms with Gasteiger partial charge in [0, 0.05) is 17.8 Å². The lowest BCUT2D eigenvalue weighted by Gasteiger charge is -2.06. The molecule has 0 saturated heterocycles. The van der Waals surface area contributed by atoms with E-state index in [9.17, 15) is 9.59 Å². The van der Waals surface area contributed by atoms with Crippen LogP contribution in [0.4, 0.5) is 5.00 Å². The van der Waals surface area contributed by atoms with Crippen molar-refractivity contribution in [2.45, 2.75) is 37.8 Å². The van der Waals surface area contributed by atoms with E-state index < -0.39 is 5.97 Å². The Morgan fingerprint density at radius 3 is 2.72 bits per heavy atom. The third kappa shape index (κ3) is 3.72. The maximum Gasteiger partial charge on any atom is 0.341 e. The molecule has 2 heterocycles. The van der Waals surface area contributed by atoms with Crippen LogP contribution >= 0.6 is 23.1 Å². The first-order chi connectivity index (χ1) is 11.9. The summed E-state index contributed by atoms with van der Waals surface area (Å²) in [6, 6.07) is 0. The molecule has 9 heteroatoms. The van der Waals surface area contributed by atoms with Crippen molar-refractivity contribution >= 4 is 40.0 Å². The largest absolute Gasteiger partial charge is 0.465 e. The van der Waals surface area contributed by atoms with Gasteiger partial charge < -0.3 is 14.6 Å². The highest BCUT2D eigenvalue weighted by atomic mass is 32.2. The molecule has 3 rings (SSSR count). The number of methoxy groups -OCH3 is 1. The van der Waals surface area contributed by atoms with Crippen LogP contribution in [0.25, 0.3) is 0 Å². The Morgan fingerprint density at radius 1 is 1.36 bits per heavy atom. The van der Waals surface area contributed by atoms with Crippen molar-refractivity contribution in [1.82, 2.24) is 14.8 Å². The number of esters is 1. The van der Waals surface area contributed by atoms with Crippen molar-refractivity contribution in [3.05, 3.63) is 21.8 Å². The summed E-state index contributed by atoms with van der Waals surface area (Å²) in [6.07, 6.45) is 2.31. The van der Waals surface area contributed by atoms with Gasteiger partial charge in [0.1, 0.15) is 10.8 Å². The lowest BCUT2D eigenvalue weighted by molar-refractivity contribution is -0.113. The number of nitrogens with one attached hydrogen (secondary N) is 1. The van der Waals surface area contributed by atoms with Crippen LogP contribution in [0.5, 0.6) is 0 Å². The smallest absolute Gasteiger partial charge is 0.341 e. The Labute approximate surface area is 154 Å². The normalized spacial score (nSPS) is 13.8. The molecule has 134 valence electrons. The molecule has 7 nitrogen and oxygen atoms in total. The minimum Gasteiger partial charge on any atom is -0.465 e. The second kappa shape index (κ2) is 7.17. The Kier molecular flexibility index (Phi) is 5.14. The fourth-order valence-electron chi connectivity index (χ4n) is 2.50. The fraction of sp³-hybridized carbons (Fsp3) is 0.500. The van der Waals surface area contributed by atoms with Crippen LogP contribution in [0.3, 0.4) is 0 Å². The molecule has 0 unspecified atom stereocenters. The second-order valence-electron chi connectivity index (χ2n) is 5.99. The molecule has 1 saturated carbocycles. The van der Waals surface area contributed by atoms with Gasteiger partial charge in [-0.1, -0.05) is 11.8 Å². The van der Waals surface area contributed by atoms with E-state index in [1.54, 1.807) is 0 Å². The molecule has 1 aliphatic rings. The summed E-state index contributed by atoms with van der Waals surface area (Å²) in [6.45, 7) is 3.76. The highest BCUT2D eigenvalue weighted by molar-refractivity contribution is 7.99. The van der Waals surface area contributed by atoms with Gasteiger partial charge in [0.2, 0.25) is 5.91 Å². The van der Waals surface area contributed by atoms with Crippen LogP contribution < -0.4 is 5.32 Å². The van der Waals surface area contributed by atoms with Gasteiger partial charge in [-0.05, 0) is 32.3 Å². The SMILES string of the molecule is COC(=O)c1c(NC(=O)CSc2nnc(C3CC3)n2C)sc(C)c1C. The number of aromatic nitrogens is 3. The fourth-order valence-corrected chi connectivity index (χ4v) is 4.29. The molecule has 0 spiro atoms. The van der Waals surface area contributed by atoms with Gasteiger partial charge in [-0.3, -0.25) is 4.79 Å². The van der Waals surface area contributed by atoms with E-state index in [2.05, 4.69) is 15.5 Å². The monoisotopic (exact) mass is 380 g/mol. The minimum absolute atomic E-state index is 0.188. The second-order valence-corrected chi connectivity index (χ2v) is 8.16. The van der Waals surface area contributed by atoms with E-state index in [1.807, 2.05) is 25.5 Å². The summed E-state index contributed by atoms with van der Waals surface area (Å²) in [4.78, 5) is 25.2. The number of nitrogens with zero attached hydrogens (tertiary/aromatic N) is 3. The molecule has 25 heavy (non-hydrogen) atoms. The number of carbonyl (C=O) groups is 2. The molecule has 0 aromatic carbocycles. The van der Waals surface area contributed by atoms with Gasteiger partial charge in [-0.25, -0.2) is 4.79 Å². The zero-order chi connectivity index (χ0) is 18.1. The summed E-state index contributed by atoms with van der Waals surface area (Å²) in [7, 11) is 3.26. The topological polar surface area (TPSA) is 86.1 Å². The number of anilines is 1. The maximum absolute atomic E-state index is 12.3. The molecule has 1 aliphatic carbocycles. The minimum atomic E-state index is -0.438. The molecular formula is C16H20N4O3S2. The number of thioether (sulfide) groups is 1. The average Bonchev–Trinajstić information content (AvgIpc) is 3.30. The first kappa shape index (κ1) is 17.9. The summed E-state index contributed by atoms with van der Waals surface area (Å²) in [5, 5.41) is 12.4. The Morgan fingerprint density at radius 2 is 2.08 bits per heavy atom. The summed E-state index contributed by atoms with van der Waals surface area (Å²) in [5.74, 6) is 1.08. The van der Waals surface area contributed by atoms with Gasteiger partial charge in [-0.2, -0.15) is 0 Å². The van der Waals surface area contributed by atoms with E-state index in [4.69, 9.17) is 4.74 Å². The van der Waals surface area contributed by atoms with E-state index in [0.717, 1.165) is 34.3 Å². The molecule has 1 amide bonds. The number of hydrogen-bond acceptors (Lipinski definition) is 7. The van der Waals surface area contributed by atoms with Crippen molar-refractivity contribution in [2.24, 2.45) is 7.05 Å². The molecule has 0 radical (unpaired) electrons. The van der Waals surface area contributed by atoms with Crippen LogP contribution in [0.1, 0.15) is 45.4 Å². The van der Waals surface area contributed by atoms with Gasteiger partial charge in [0.15, 0.2) is 5.16 Å². The van der Waals surface area contributed by atoms with E-state index in [0.29, 0.717) is 16.5 Å². The Bertz CT molecular complexity index is 824. The molecule has 0 aliphatic heterocycles. The number of carbonyl (C=O) groups excluding carboxylic acids is 2. The number of thiophene rings is 1. The zero-order valence-corrected chi connectivity index (χ0v) is 16.2. The van der Waals surface area contributed by atoms with Crippen molar-refractivity contribution < 1.29 is 14.3 Å². The number of rotatable bonds is 6. The van der Waals surface area contributed by atoms with Crippen molar-refractivity contribution in [1.29, 1.82) is 0 Å². The zero-order valence-electron chi connectivity index (χ0n) is 14.6. The first-order valence-corrected chi connectivity index (χ1v) is 9.72. The van der Waals surface area contributed by atoms with E-state index in [1.165, 1.54) is 30.2 Å². The third-order valence-electron chi connectivity index (χ3n) is 4.17. The Balaban J connectivity index is 1.65. The molecule has 1 fully saturated rings. The molecular weight excluding hydrogens is 360 g/mol. The van der Waals surface area contributed by atoms with Crippen LogP contribution in [-0.2, 0) is 16.6 Å². The van der Waals surface area contributed by atoms with Crippen molar-refractivity contribution in [2.75, 3.05) is 18.2 Å². The summed E-state index contributed by atoms with van der Waals surface area (Å²) >= 11 is 2.72. The van der Waals surface area contributed by atoms with Gasteiger partial charge in [0.05, 0.1) is 18.4 Å². The van der Waals surface area contributed by atoms with Crippen LogP contribution in [-0.4, -0.2) is 39.5 Å². The number of amides is 1. The summed E-state index contributed by atoms with van der Waals surface area (Å²) in [5.41, 5.74) is 1.26. The predicted molar refractivity (Wildman–Crippen MR) is 97.5 cm³/mol. The van der Waals surface area contributed by atoms with Gasteiger partial charge in [-0.15, -0.1) is 21.5 Å². The van der Waals surface area contributed by atoms with E-state index in [-0.39, 0.29) is 11.7 Å². The molecule has 2 aromatic rings. The third-order valence-corrected chi connectivity index (χ3v) is 6.31. The van der Waals surface area contributed by atoms with Crippen molar-refractivity contribution in [3.8, 4) is 0 Å². The maximum atomic E-state index is 12.3. The number of ether oxygens (including phenoxy) is 1. The quantitative estimate of drug-likeness (QED) is 0.613. The van der Waals surface area contributed by atoms with Crippen LogP contribution in [0, 0.1) is 13.8 Å². The molecule has 0 atom stereocenters. The summed E-state index contributed by atoms with van der Waals surface area (Å²) < 4.78 is 6.77. The molecule has 2 aromatic heterocycles.